The fourth-order valence-electron chi connectivity index (χ4n) is 2.63. The van der Waals surface area contributed by atoms with Crippen molar-refractivity contribution in [3.05, 3.63) is 32.6 Å². The number of carbonyl (C=O) groups is 2. The highest BCUT2D eigenvalue weighted by Crippen LogP contribution is 2.39. The van der Waals surface area contributed by atoms with E-state index in [0.717, 1.165) is 18.4 Å². The van der Waals surface area contributed by atoms with Gasteiger partial charge in [-0.25, -0.2) is 4.79 Å². The number of aromatic amines is 1. The standard InChI is InChI=1S/C14H17BrN2O7/c1-5-4-17(13(22)16-11(5)21)12-8(15)9(20)10(24-12)14(23,6(2)18)7(3)19/h4,8-10,12,20,23H,1-3H3,(H,16,21,22)/t8?,9-,10-,12+/m0/s1. The summed E-state index contributed by atoms with van der Waals surface area (Å²) in [6, 6.07) is 0. The Hall–Kier alpha value is -1.62. The summed E-state index contributed by atoms with van der Waals surface area (Å²) in [7, 11) is 0. The molecule has 132 valence electrons. The Morgan fingerprint density at radius 2 is 1.88 bits per heavy atom. The maximum Gasteiger partial charge on any atom is 0.330 e. The predicted molar refractivity (Wildman–Crippen MR) is 85.0 cm³/mol. The van der Waals surface area contributed by atoms with E-state index in [1.54, 1.807) is 0 Å². The van der Waals surface area contributed by atoms with Gasteiger partial charge in [0.05, 0.1) is 4.83 Å². The molecule has 1 unspecified atom stereocenters. The van der Waals surface area contributed by atoms with Gasteiger partial charge >= 0.3 is 5.69 Å². The lowest BCUT2D eigenvalue weighted by molar-refractivity contribution is -0.173. The van der Waals surface area contributed by atoms with E-state index in [-0.39, 0.29) is 5.56 Å². The molecule has 1 fully saturated rings. The second-order valence-corrected chi connectivity index (χ2v) is 6.80. The van der Waals surface area contributed by atoms with Gasteiger partial charge in [0.2, 0.25) is 5.60 Å². The van der Waals surface area contributed by atoms with Gasteiger partial charge in [0.15, 0.2) is 17.8 Å². The third-order valence-corrected chi connectivity index (χ3v) is 5.09. The summed E-state index contributed by atoms with van der Waals surface area (Å²) < 4.78 is 6.50. The smallest absolute Gasteiger partial charge is 0.330 e. The van der Waals surface area contributed by atoms with Gasteiger partial charge < -0.3 is 14.9 Å². The molecule has 0 saturated carbocycles. The van der Waals surface area contributed by atoms with Crippen LogP contribution >= 0.6 is 15.9 Å². The molecule has 9 nitrogen and oxygen atoms in total. The Morgan fingerprint density at radius 3 is 2.38 bits per heavy atom. The SMILES string of the molecule is CC(=O)C(O)(C(C)=O)[C@H]1O[C@@H](n2cc(C)c(=O)[nH]c2=O)C(Br)[C@@H]1O. The third-order valence-electron chi connectivity index (χ3n) is 4.10. The van der Waals surface area contributed by atoms with Crippen molar-refractivity contribution in [2.24, 2.45) is 0 Å². The normalized spacial score (nSPS) is 27.2. The van der Waals surface area contributed by atoms with Crippen molar-refractivity contribution in [2.75, 3.05) is 0 Å². The first-order chi connectivity index (χ1) is 11.0. The number of halogens is 1. The lowest BCUT2D eigenvalue weighted by Crippen LogP contribution is -2.58. The minimum Gasteiger partial charge on any atom is -0.389 e. The van der Waals surface area contributed by atoms with Crippen LogP contribution in [-0.2, 0) is 14.3 Å². The zero-order valence-corrected chi connectivity index (χ0v) is 14.7. The van der Waals surface area contributed by atoms with Gasteiger partial charge in [0.25, 0.3) is 5.56 Å². The fraction of sp³-hybridized carbons (Fsp3) is 0.571. The number of aromatic nitrogens is 2. The zero-order valence-electron chi connectivity index (χ0n) is 13.1. The van der Waals surface area contributed by atoms with Gasteiger partial charge in [0.1, 0.15) is 12.2 Å². The first-order valence-corrected chi connectivity index (χ1v) is 7.97. The molecule has 24 heavy (non-hydrogen) atoms. The van der Waals surface area contributed by atoms with Crippen LogP contribution in [0.1, 0.15) is 25.6 Å². The van der Waals surface area contributed by atoms with Crippen LogP contribution < -0.4 is 11.2 Å². The first kappa shape index (κ1) is 18.7. The lowest BCUT2D eigenvalue weighted by Gasteiger charge is -2.30. The molecule has 4 atom stereocenters. The Morgan fingerprint density at radius 1 is 1.33 bits per heavy atom. The van der Waals surface area contributed by atoms with Crippen LogP contribution in [0.15, 0.2) is 15.8 Å². The molecule has 1 saturated heterocycles. The first-order valence-electron chi connectivity index (χ1n) is 7.06. The number of Topliss-reactive ketones (excluding diaryl/α,β-unsaturated/α-hetero) is 2. The summed E-state index contributed by atoms with van der Waals surface area (Å²) in [5, 5.41) is 20.8. The van der Waals surface area contributed by atoms with E-state index in [4.69, 9.17) is 4.74 Å². The molecule has 0 bridgehead atoms. The summed E-state index contributed by atoms with van der Waals surface area (Å²) in [5.74, 6) is -1.77. The van der Waals surface area contributed by atoms with Crippen LogP contribution in [0.25, 0.3) is 0 Å². The Bertz CT molecular complexity index is 785. The van der Waals surface area contributed by atoms with Crippen molar-refractivity contribution in [2.45, 2.75) is 49.6 Å². The van der Waals surface area contributed by atoms with Gasteiger partial charge in [-0.15, -0.1) is 0 Å². The molecule has 1 aromatic rings. The number of nitrogens with zero attached hydrogens (tertiary/aromatic N) is 1. The number of H-pyrrole nitrogens is 1. The largest absolute Gasteiger partial charge is 0.389 e. The van der Waals surface area contributed by atoms with Crippen molar-refractivity contribution in [3.63, 3.8) is 0 Å². The topological polar surface area (TPSA) is 139 Å². The molecule has 0 aromatic carbocycles. The van der Waals surface area contributed by atoms with E-state index in [9.17, 15) is 29.4 Å². The van der Waals surface area contributed by atoms with E-state index in [1.807, 2.05) is 0 Å². The summed E-state index contributed by atoms with van der Waals surface area (Å²) >= 11 is 3.15. The van der Waals surface area contributed by atoms with Crippen molar-refractivity contribution >= 4 is 27.5 Å². The van der Waals surface area contributed by atoms with E-state index < -0.39 is 51.7 Å². The predicted octanol–water partition coefficient (Wildman–Crippen LogP) is -1.22. The number of ketones is 2. The number of aliphatic hydroxyl groups excluding tert-OH is 1. The number of hydrogen-bond donors (Lipinski definition) is 3. The highest BCUT2D eigenvalue weighted by Gasteiger charge is 2.58. The molecule has 0 radical (unpaired) electrons. The van der Waals surface area contributed by atoms with Crippen LogP contribution in [0.4, 0.5) is 0 Å². The van der Waals surface area contributed by atoms with Gasteiger partial charge in [-0.1, -0.05) is 15.9 Å². The Balaban J connectivity index is 2.50. The number of aryl methyl sites for hydroxylation is 1. The molecule has 2 heterocycles. The van der Waals surface area contributed by atoms with Crippen molar-refractivity contribution < 1.29 is 24.5 Å². The molecule has 10 heteroatoms. The number of hydrogen-bond acceptors (Lipinski definition) is 7. The van der Waals surface area contributed by atoms with Crippen molar-refractivity contribution in [3.8, 4) is 0 Å². The molecular weight excluding hydrogens is 388 g/mol. The minimum absolute atomic E-state index is 0.226. The molecule has 0 spiro atoms. The van der Waals surface area contributed by atoms with E-state index in [0.29, 0.717) is 0 Å². The third kappa shape index (κ3) is 2.79. The Kier molecular flexibility index (Phi) is 4.96. The number of carbonyl (C=O) groups excluding carboxylic acids is 2. The van der Waals surface area contributed by atoms with E-state index in [1.165, 1.54) is 13.1 Å². The molecule has 2 rings (SSSR count). The summed E-state index contributed by atoms with van der Waals surface area (Å²) in [6.07, 6.45) is -2.93. The summed E-state index contributed by atoms with van der Waals surface area (Å²) in [4.78, 5) is 48.1. The van der Waals surface area contributed by atoms with Crippen LogP contribution in [-0.4, -0.2) is 54.0 Å². The second kappa shape index (κ2) is 6.36. The second-order valence-electron chi connectivity index (χ2n) is 5.74. The summed E-state index contributed by atoms with van der Waals surface area (Å²) in [6.45, 7) is 3.48. The zero-order chi connectivity index (χ0) is 18.4. The maximum absolute atomic E-state index is 12.0. The quantitative estimate of drug-likeness (QED) is 0.421. The lowest BCUT2D eigenvalue weighted by atomic mass is 9.85. The Labute approximate surface area is 144 Å². The molecule has 0 amide bonds. The molecule has 1 aliphatic rings. The monoisotopic (exact) mass is 404 g/mol. The number of ether oxygens (including phenoxy) is 1. The van der Waals surface area contributed by atoms with Crippen LogP contribution in [0, 0.1) is 6.92 Å². The van der Waals surface area contributed by atoms with Crippen LogP contribution in [0.5, 0.6) is 0 Å². The molecule has 3 N–H and O–H groups in total. The minimum atomic E-state index is -2.54. The van der Waals surface area contributed by atoms with E-state index >= 15 is 0 Å². The fourth-order valence-corrected chi connectivity index (χ4v) is 3.29. The molecule has 0 aliphatic carbocycles. The van der Waals surface area contributed by atoms with Gasteiger partial charge in [-0.3, -0.25) is 23.9 Å². The maximum atomic E-state index is 12.0. The van der Waals surface area contributed by atoms with Crippen LogP contribution in [0.2, 0.25) is 0 Å². The average Bonchev–Trinajstić information content (AvgIpc) is 2.78. The molecular formula is C14H17BrN2O7. The number of nitrogens with one attached hydrogen (secondary N) is 1. The number of aliphatic hydroxyl groups is 2. The highest BCUT2D eigenvalue weighted by molar-refractivity contribution is 9.09. The summed E-state index contributed by atoms with van der Waals surface area (Å²) in [5.41, 5.74) is -3.67. The van der Waals surface area contributed by atoms with Crippen LogP contribution in [0.3, 0.4) is 0 Å². The highest BCUT2D eigenvalue weighted by atomic mass is 79.9. The van der Waals surface area contributed by atoms with Gasteiger partial charge in [-0.2, -0.15) is 0 Å². The van der Waals surface area contributed by atoms with Gasteiger partial charge in [0, 0.05) is 11.8 Å². The van der Waals surface area contributed by atoms with Crippen molar-refractivity contribution in [1.29, 1.82) is 0 Å². The number of alkyl halides is 1. The number of rotatable bonds is 4. The average molecular weight is 405 g/mol. The van der Waals surface area contributed by atoms with E-state index in [2.05, 4.69) is 20.9 Å². The molecule has 1 aromatic heterocycles. The van der Waals surface area contributed by atoms with Gasteiger partial charge in [-0.05, 0) is 20.8 Å². The van der Waals surface area contributed by atoms with Crippen molar-refractivity contribution in [1.82, 2.24) is 9.55 Å². The molecule has 1 aliphatic heterocycles.